The SMILES string of the molecule is CC(=O)N(CC(=O)NCc1ccccn1)Cc1ccco1. The van der Waals surface area contributed by atoms with Crippen LogP contribution in [0.1, 0.15) is 18.4 Å². The molecule has 0 aliphatic heterocycles. The lowest BCUT2D eigenvalue weighted by Crippen LogP contribution is -2.39. The Morgan fingerprint density at radius 1 is 1.29 bits per heavy atom. The van der Waals surface area contributed by atoms with Crippen LogP contribution in [0, 0.1) is 0 Å². The molecule has 2 aromatic heterocycles. The quantitative estimate of drug-likeness (QED) is 0.870. The highest BCUT2D eigenvalue weighted by atomic mass is 16.3. The smallest absolute Gasteiger partial charge is 0.239 e. The lowest BCUT2D eigenvalue weighted by Gasteiger charge is -2.19. The highest BCUT2D eigenvalue weighted by Crippen LogP contribution is 2.05. The summed E-state index contributed by atoms with van der Waals surface area (Å²) in [6.45, 7) is 2.03. The van der Waals surface area contributed by atoms with E-state index in [-0.39, 0.29) is 24.9 Å². The van der Waals surface area contributed by atoms with Gasteiger partial charge in [-0.15, -0.1) is 0 Å². The van der Waals surface area contributed by atoms with E-state index in [2.05, 4.69) is 10.3 Å². The Morgan fingerprint density at radius 2 is 2.14 bits per heavy atom. The number of nitrogens with zero attached hydrogens (tertiary/aromatic N) is 2. The molecule has 1 N–H and O–H groups in total. The Hall–Kier alpha value is -2.63. The van der Waals surface area contributed by atoms with E-state index in [1.54, 1.807) is 18.3 Å². The monoisotopic (exact) mass is 287 g/mol. The van der Waals surface area contributed by atoms with Crippen molar-refractivity contribution in [3.8, 4) is 0 Å². The molecule has 6 heteroatoms. The first-order valence-corrected chi connectivity index (χ1v) is 6.59. The largest absolute Gasteiger partial charge is 0.467 e. The van der Waals surface area contributed by atoms with Gasteiger partial charge in [0, 0.05) is 13.1 Å². The minimum atomic E-state index is -0.234. The molecule has 0 spiro atoms. The second-order valence-corrected chi connectivity index (χ2v) is 4.55. The van der Waals surface area contributed by atoms with Crippen LogP contribution in [0.4, 0.5) is 0 Å². The lowest BCUT2D eigenvalue weighted by atomic mass is 10.3. The molecule has 0 aliphatic rings. The number of furan rings is 1. The van der Waals surface area contributed by atoms with Gasteiger partial charge in [-0.25, -0.2) is 0 Å². The van der Waals surface area contributed by atoms with E-state index in [1.165, 1.54) is 18.1 Å². The van der Waals surface area contributed by atoms with Gasteiger partial charge in [0.2, 0.25) is 11.8 Å². The first kappa shape index (κ1) is 14.8. The van der Waals surface area contributed by atoms with Crippen LogP contribution in [0.5, 0.6) is 0 Å². The third-order valence-corrected chi connectivity index (χ3v) is 2.90. The number of hydrogen-bond acceptors (Lipinski definition) is 4. The molecule has 0 aromatic carbocycles. The molecule has 0 aliphatic carbocycles. The normalized spacial score (nSPS) is 10.1. The third kappa shape index (κ3) is 4.76. The van der Waals surface area contributed by atoms with Crippen LogP contribution in [-0.4, -0.2) is 28.2 Å². The van der Waals surface area contributed by atoms with Crippen molar-refractivity contribution in [2.24, 2.45) is 0 Å². The summed E-state index contributed by atoms with van der Waals surface area (Å²) in [7, 11) is 0. The second-order valence-electron chi connectivity index (χ2n) is 4.55. The zero-order valence-electron chi connectivity index (χ0n) is 11.8. The average molecular weight is 287 g/mol. The molecule has 2 amide bonds. The maximum absolute atomic E-state index is 11.9. The molecular formula is C15H17N3O3. The van der Waals surface area contributed by atoms with Crippen molar-refractivity contribution in [3.63, 3.8) is 0 Å². The van der Waals surface area contributed by atoms with Crippen LogP contribution in [0.2, 0.25) is 0 Å². The van der Waals surface area contributed by atoms with Crippen LogP contribution in [0.25, 0.3) is 0 Å². The molecule has 0 atom stereocenters. The molecule has 0 radical (unpaired) electrons. The van der Waals surface area contributed by atoms with Crippen LogP contribution >= 0.6 is 0 Å². The molecule has 2 heterocycles. The molecule has 110 valence electrons. The summed E-state index contributed by atoms with van der Waals surface area (Å²) >= 11 is 0. The van der Waals surface area contributed by atoms with Crippen molar-refractivity contribution in [1.82, 2.24) is 15.2 Å². The van der Waals surface area contributed by atoms with Crippen LogP contribution in [-0.2, 0) is 22.7 Å². The predicted octanol–water partition coefficient (Wildman–Crippen LogP) is 1.34. The average Bonchev–Trinajstić information content (AvgIpc) is 2.98. The molecular weight excluding hydrogens is 270 g/mol. The summed E-state index contributed by atoms with van der Waals surface area (Å²) in [5.74, 6) is 0.226. The highest BCUT2D eigenvalue weighted by molar-refractivity contribution is 5.83. The maximum atomic E-state index is 11.9. The van der Waals surface area contributed by atoms with Gasteiger partial charge in [-0.2, -0.15) is 0 Å². The van der Waals surface area contributed by atoms with E-state index in [9.17, 15) is 9.59 Å². The van der Waals surface area contributed by atoms with Crippen molar-refractivity contribution >= 4 is 11.8 Å². The van der Waals surface area contributed by atoms with Crippen molar-refractivity contribution in [2.45, 2.75) is 20.0 Å². The van der Waals surface area contributed by atoms with Gasteiger partial charge in [-0.05, 0) is 24.3 Å². The Kier molecular flexibility index (Phi) is 5.09. The Morgan fingerprint density at radius 3 is 2.76 bits per heavy atom. The van der Waals surface area contributed by atoms with Gasteiger partial charge >= 0.3 is 0 Å². The summed E-state index contributed by atoms with van der Waals surface area (Å²) < 4.78 is 5.19. The fourth-order valence-corrected chi connectivity index (χ4v) is 1.79. The van der Waals surface area contributed by atoms with E-state index in [0.29, 0.717) is 12.3 Å². The fraction of sp³-hybridized carbons (Fsp3) is 0.267. The van der Waals surface area contributed by atoms with Crippen LogP contribution in [0.3, 0.4) is 0 Å². The number of aromatic nitrogens is 1. The molecule has 0 fully saturated rings. The predicted molar refractivity (Wildman–Crippen MR) is 75.9 cm³/mol. The number of carbonyl (C=O) groups is 2. The minimum absolute atomic E-state index is 0.0110. The van der Waals surface area contributed by atoms with Crippen molar-refractivity contribution < 1.29 is 14.0 Å². The summed E-state index contributed by atoms with van der Waals surface area (Å²) in [5, 5.41) is 2.74. The molecule has 2 rings (SSSR count). The number of nitrogens with one attached hydrogen (secondary N) is 1. The summed E-state index contributed by atoms with van der Waals surface area (Å²) in [5.41, 5.74) is 0.770. The van der Waals surface area contributed by atoms with E-state index < -0.39 is 0 Å². The molecule has 6 nitrogen and oxygen atoms in total. The zero-order valence-corrected chi connectivity index (χ0v) is 11.8. The molecule has 21 heavy (non-hydrogen) atoms. The Bertz CT molecular complexity index is 581. The van der Waals surface area contributed by atoms with E-state index in [4.69, 9.17) is 4.42 Å². The van der Waals surface area contributed by atoms with E-state index >= 15 is 0 Å². The first-order valence-electron chi connectivity index (χ1n) is 6.59. The van der Waals surface area contributed by atoms with Gasteiger partial charge in [0.05, 0.1) is 31.6 Å². The van der Waals surface area contributed by atoms with Gasteiger partial charge < -0.3 is 14.6 Å². The number of rotatable bonds is 6. The second kappa shape index (κ2) is 7.23. The lowest BCUT2D eigenvalue weighted by molar-refractivity contribution is -0.135. The molecule has 0 unspecified atom stereocenters. The van der Waals surface area contributed by atoms with E-state index in [0.717, 1.165) is 5.69 Å². The van der Waals surface area contributed by atoms with Gasteiger partial charge in [0.1, 0.15) is 5.76 Å². The molecule has 2 aromatic rings. The highest BCUT2D eigenvalue weighted by Gasteiger charge is 2.15. The van der Waals surface area contributed by atoms with Crippen molar-refractivity contribution in [2.75, 3.05) is 6.54 Å². The number of amides is 2. The van der Waals surface area contributed by atoms with Crippen LogP contribution in [0.15, 0.2) is 47.2 Å². The molecule has 0 saturated carbocycles. The number of pyridine rings is 1. The Balaban J connectivity index is 1.85. The number of carbonyl (C=O) groups excluding carboxylic acids is 2. The fourth-order valence-electron chi connectivity index (χ4n) is 1.79. The first-order chi connectivity index (χ1) is 10.1. The van der Waals surface area contributed by atoms with Gasteiger partial charge in [-0.1, -0.05) is 6.07 Å². The summed E-state index contributed by atoms with van der Waals surface area (Å²) in [6, 6.07) is 9.00. The van der Waals surface area contributed by atoms with E-state index in [1.807, 2.05) is 18.2 Å². The van der Waals surface area contributed by atoms with Crippen molar-refractivity contribution in [3.05, 3.63) is 54.2 Å². The van der Waals surface area contributed by atoms with Gasteiger partial charge in [0.15, 0.2) is 0 Å². The summed E-state index contributed by atoms with van der Waals surface area (Å²) in [6.07, 6.45) is 3.20. The van der Waals surface area contributed by atoms with Gasteiger partial charge in [0.25, 0.3) is 0 Å². The topological polar surface area (TPSA) is 75.4 Å². The molecule has 0 saturated heterocycles. The third-order valence-electron chi connectivity index (χ3n) is 2.90. The summed E-state index contributed by atoms with van der Waals surface area (Å²) in [4.78, 5) is 29.0. The zero-order chi connectivity index (χ0) is 15.1. The van der Waals surface area contributed by atoms with Crippen molar-refractivity contribution in [1.29, 1.82) is 0 Å². The maximum Gasteiger partial charge on any atom is 0.239 e. The van der Waals surface area contributed by atoms with Crippen LogP contribution < -0.4 is 5.32 Å². The van der Waals surface area contributed by atoms with Gasteiger partial charge in [-0.3, -0.25) is 14.6 Å². The standard InChI is InChI=1S/C15H17N3O3/c1-12(19)18(10-14-6-4-8-21-14)11-15(20)17-9-13-5-2-3-7-16-13/h2-8H,9-11H2,1H3,(H,17,20). The number of hydrogen-bond donors (Lipinski definition) is 1. The molecule has 0 bridgehead atoms. The Labute approximate surface area is 122 Å². The minimum Gasteiger partial charge on any atom is -0.467 e.